The molecule has 2 aromatic rings. The fourth-order valence-electron chi connectivity index (χ4n) is 1.69. The number of para-hydroxylation sites is 2. The molecule has 19 heavy (non-hydrogen) atoms. The van der Waals surface area contributed by atoms with Crippen LogP contribution >= 0.6 is 0 Å². The lowest BCUT2D eigenvalue weighted by Crippen LogP contribution is -2.15. The Bertz CT molecular complexity index is 604. The zero-order chi connectivity index (χ0) is 14.0. The second-order valence-corrected chi connectivity index (χ2v) is 3.80. The van der Waals surface area contributed by atoms with E-state index in [0.717, 1.165) is 0 Å². The van der Waals surface area contributed by atoms with E-state index in [0.29, 0.717) is 17.5 Å². The van der Waals surface area contributed by atoms with Crippen LogP contribution in [-0.2, 0) is 0 Å². The van der Waals surface area contributed by atoms with E-state index < -0.39 is 17.6 Å². The van der Waals surface area contributed by atoms with Crippen LogP contribution in [0.2, 0.25) is 0 Å². The number of halogens is 3. The first-order chi connectivity index (χ1) is 9.04. The maximum atomic E-state index is 13.7. The lowest BCUT2D eigenvalue weighted by atomic mass is 10.2. The first-order valence-corrected chi connectivity index (χ1v) is 5.43. The fourth-order valence-corrected chi connectivity index (χ4v) is 1.69. The van der Waals surface area contributed by atoms with Gasteiger partial charge in [-0.05, 0) is 12.1 Å². The summed E-state index contributed by atoms with van der Waals surface area (Å²) in [5.41, 5.74) is 0.488. The minimum atomic E-state index is -1.35. The van der Waals surface area contributed by atoms with Crippen LogP contribution < -0.4 is 9.64 Å². The average molecular weight is 268 g/mol. The van der Waals surface area contributed by atoms with E-state index in [1.165, 1.54) is 19.1 Å². The summed E-state index contributed by atoms with van der Waals surface area (Å²) in [6.07, 6.45) is 0. The van der Waals surface area contributed by atoms with Crippen molar-refractivity contribution in [2.75, 3.05) is 19.1 Å². The molecule has 0 atom stereocenters. The predicted molar refractivity (Wildman–Crippen MR) is 65.2 cm³/mol. The van der Waals surface area contributed by atoms with E-state index in [-0.39, 0.29) is 5.82 Å². The third-order valence-corrected chi connectivity index (χ3v) is 2.63. The summed E-state index contributed by atoms with van der Waals surface area (Å²) in [5.74, 6) is -3.47. The van der Waals surface area contributed by atoms with Crippen LogP contribution in [0.4, 0.5) is 24.7 Å². The van der Waals surface area contributed by atoms with Gasteiger partial charge in [0.25, 0.3) is 5.95 Å². The van der Waals surface area contributed by atoms with Gasteiger partial charge in [-0.3, -0.25) is 0 Å². The van der Waals surface area contributed by atoms with Crippen molar-refractivity contribution in [2.45, 2.75) is 0 Å². The van der Waals surface area contributed by atoms with Gasteiger partial charge in [0.2, 0.25) is 0 Å². The first-order valence-electron chi connectivity index (χ1n) is 5.43. The molecular formula is C13H11F3N2O. The van der Waals surface area contributed by atoms with Gasteiger partial charge in [0.15, 0.2) is 17.5 Å². The van der Waals surface area contributed by atoms with Gasteiger partial charge in [-0.15, -0.1) is 0 Å². The molecule has 0 aliphatic carbocycles. The predicted octanol–water partition coefficient (Wildman–Crippen LogP) is 3.28. The molecule has 3 nitrogen and oxygen atoms in total. The van der Waals surface area contributed by atoms with Gasteiger partial charge in [0.1, 0.15) is 5.75 Å². The topological polar surface area (TPSA) is 25.4 Å². The SMILES string of the molecule is COc1ccccc1N(C)c1nc(F)c(F)cc1F. The minimum absolute atomic E-state index is 0.316. The Morgan fingerprint density at radius 2 is 1.79 bits per heavy atom. The van der Waals surface area contributed by atoms with E-state index in [1.54, 1.807) is 24.3 Å². The van der Waals surface area contributed by atoms with E-state index in [1.807, 2.05) is 0 Å². The van der Waals surface area contributed by atoms with Crippen molar-refractivity contribution in [1.82, 2.24) is 4.98 Å². The number of methoxy groups -OCH3 is 1. The third-order valence-electron chi connectivity index (χ3n) is 2.63. The van der Waals surface area contributed by atoms with Crippen molar-refractivity contribution < 1.29 is 17.9 Å². The number of aromatic nitrogens is 1. The summed E-state index contributed by atoms with van der Waals surface area (Å²) in [6.45, 7) is 0. The number of benzene rings is 1. The standard InChI is InChI=1S/C13H11F3N2O/c1-18(10-5-3-4-6-11(10)19-2)13-9(15)7-8(14)12(16)17-13/h3-7H,1-2H3. The number of anilines is 2. The molecular weight excluding hydrogens is 257 g/mol. The molecule has 100 valence electrons. The number of nitrogens with zero attached hydrogens (tertiary/aromatic N) is 2. The molecule has 0 N–H and O–H groups in total. The molecule has 1 aromatic heterocycles. The monoisotopic (exact) mass is 268 g/mol. The number of ether oxygens (including phenoxy) is 1. The van der Waals surface area contributed by atoms with Crippen LogP contribution in [0, 0.1) is 17.6 Å². The Kier molecular flexibility index (Phi) is 3.59. The highest BCUT2D eigenvalue weighted by atomic mass is 19.2. The smallest absolute Gasteiger partial charge is 0.251 e. The lowest BCUT2D eigenvalue weighted by Gasteiger charge is -2.21. The average Bonchev–Trinajstić information content (AvgIpc) is 2.42. The Hall–Kier alpha value is -2.24. The van der Waals surface area contributed by atoms with Gasteiger partial charge in [-0.25, -0.2) is 8.78 Å². The van der Waals surface area contributed by atoms with Gasteiger partial charge < -0.3 is 9.64 Å². The van der Waals surface area contributed by atoms with Crippen LogP contribution in [0.1, 0.15) is 0 Å². The summed E-state index contributed by atoms with van der Waals surface area (Å²) < 4.78 is 44.7. The molecule has 0 spiro atoms. The largest absolute Gasteiger partial charge is 0.495 e. The van der Waals surface area contributed by atoms with Crippen LogP contribution in [0.5, 0.6) is 5.75 Å². The molecule has 0 aliphatic heterocycles. The van der Waals surface area contributed by atoms with Gasteiger partial charge in [0.05, 0.1) is 12.8 Å². The third kappa shape index (κ3) is 2.47. The molecule has 0 unspecified atom stereocenters. The molecule has 0 saturated carbocycles. The van der Waals surface area contributed by atoms with Crippen LogP contribution in [0.25, 0.3) is 0 Å². The van der Waals surface area contributed by atoms with Gasteiger partial charge in [0, 0.05) is 13.1 Å². The number of rotatable bonds is 3. The molecule has 0 saturated heterocycles. The molecule has 0 radical (unpaired) electrons. The van der Waals surface area contributed by atoms with E-state index in [9.17, 15) is 13.2 Å². The quantitative estimate of drug-likeness (QED) is 0.799. The zero-order valence-corrected chi connectivity index (χ0v) is 10.3. The van der Waals surface area contributed by atoms with Crippen molar-refractivity contribution in [3.05, 3.63) is 47.9 Å². The molecule has 0 aliphatic rings. The van der Waals surface area contributed by atoms with Gasteiger partial charge in [-0.2, -0.15) is 9.37 Å². The maximum Gasteiger partial charge on any atom is 0.251 e. The molecule has 0 fully saturated rings. The highest BCUT2D eigenvalue weighted by Crippen LogP contribution is 2.32. The molecule has 2 rings (SSSR count). The van der Waals surface area contributed by atoms with E-state index in [4.69, 9.17) is 4.74 Å². The second kappa shape index (κ2) is 5.17. The highest BCUT2D eigenvalue weighted by Gasteiger charge is 2.18. The van der Waals surface area contributed by atoms with E-state index in [2.05, 4.69) is 4.98 Å². The lowest BCUT2D eigenvalue weighted by molar-refractivity contribution is 0.415. The zero-order valence-electron chi connectivity index (χ0n) is 10.3. The fraction of sp³-hybridized carbons (Fsp3) is 0.154. The summed E-state index contributed by atoms with van der Waals surface area (Å²) >= 11 is 0. The van der Waals surface area contributed by atoms with Crippen molar-refractivity contribution in [1.29, 1.82) is 0 Å². The van der Waals surface area contributed by atoms with E-state index >= 15 is 0 Å². The molecule has 6 heteroatoms. The Labute approximate surface area is 108 Å². The normalized spacial score (nSPS) is 10.4. The van der Waals surface area contributed by atoms with Crippen molar-refractivity contribution in [2.24, 2.45) is 0 Å². The van der Waals surface area contributed by atoms with Crippen LogP contribution in [-0.4, -0.2) is 19.1 Å². The molecule has 0 bridgehead atoms. The van der Waals surface area contributed by atoms with Crippen molar-refractivity contribution in [3.8, 4) is 5.75 Å². The molecule has 1 aromatic carbocycles. The Morgan fingerprint density at radius 3 is 2.47 bits per heavy atom. The maximum absolute atomic E-state index is 13.7. The minimum Gasteiger partial charge on any atom is -0.495 e. The molecule has 0 amide bonds. The first kappa shape index (κ1) is 13.2. The van der Waals surface area contributed by atoms with Gasteiger partial charge >= 0.3 is 0 Å². The number of hydrogen-bond acceptors (Lipinski definition) is 3. The van der Waals surface area contributed by atoms with Crippen LogP contribution in [0.15, 0.2) is 30.3 Å². The molecule has 1 heterocycles. The Balaban J connectivity index is 2.50. The Morgan fingerprint density at radius 1 is 1.11 bits per heavy atom. The van der Waals surface area contributed by atoms with Crippen molar-refractivity contribution in [3.63, 3.8) is 0 Å². The highest BCUT2D eigenvalue weighted by molar-refractivity contribution is 5.66. The second-order valence-electron chi connectivity index (χ2n) is 3.80. The number of pyridine rings is 1. The summed E-state index contributed by atoms with van der Waals surface area (Å²) in [5, 5.41) is 0. The summed E-state index contributed by atoms with van der Waals surface area (Å²) in [7, 11) is 2.95. The van der Waals surface area contributed by atoms with Crippen molar-refractivity contribution >= 4 is 11.5 Å². The summed E-state index contributed by atoms with van der Waals surface area (Å²) in [4.78, 5) is 4.57. The number of hydrogen-bond donors (Lipinski definition) is 0. The summed E-state index contributed by atoms with van der Waals surface area (Å²) in [6, 6.07) is 7.24. The van der Waals surface area contributed by atoms with Gasteiger partial charge in [-0.1, -0.05) is 12.1 Å². The van der Waals surface area contributed by atoms with Crippen LogP contribution in [0.3, 0.4) is 0 Å².